The van der Waals surface area contributed by atoms with Crippen molar-refractivity contribution in [1.82, 2.24) is 15.1 Å². The Balaban J connectivity index is 2.49. The smallest absolute Gasteiger partial charge is 0.237 e. The molecule has 0 saturated carbocycles. The van der Waals surface area contributed by atoms with Crippen LogP contribution < -0.4 is 11.1 Å². The third-order valence-corrected chi connectivity index (χ3v) is 2.84. The van der Waals surface area contributed by atoms with Crippen molar-refractivity contribution in [1.29, 1.82) is 0 Å². The molecule has 1 aliphatic heterocycles. The minimum Gasteiger partial charge on any atom is -0.368 e. The Morgan fingerprint density at radius 3 is 2.41 bits per heavy atom. The summed E-state index contributed by atoms with van der Waals surface area (Å²) in [7, 11) is 0. The zero-order valence-corrected chi connectivity index (χ0v) is 10.6. The Kier molecular flexibility index (Phi) is 5.37. The first kappa shape index (κ1) is 13.9. The Labute approximate surface area is 102 Å². The van der Waals surface area contributed by atoms with Crippen LogP contribution in [0.25, 0.3) is 0 Å². The van der Waals surface area contributed by atoms with E-state index < -0.39 is 5.91 Å². The summed E-state index contributed by atoms with van der Waals surface area (Å²) in [5.41, 5.74) is 5.15. The van der Waals surface area contributed by atoms with Gasteiger partial charge >= 0.3 is 0 Å². The summed E-state index contributed by atoms with van der Waals surface area (Å²) in [5, 5.41) is 3.23. The zero-order valence-electron chi connectivity index (χ0n) is 10.6. The molecule has 6 nitrogen and oxygen atoms in total. The number of hydrogen-bond acceptors (Lipinski definition) is 4. The van der Waals surface area contributed by atoms with Gasteiger partial charge in [0.1, 0.15) is 0 Å². The highest BCUT2D eigenvalue weighted by atomic mass is 16.2. The topological polar surface area (TPSA) is 78.7 Å². The molecule has 0 atom stereocenters. The molecule has 2 amide bonds. The molecule has 1 fully saturated rings. The van der Waals surface area contributed by atoms with Crippen molar-refractivity contribution in [2.75, 3.05) is 39.3 Å². The maximum absolute atomic E-state index is 12.0. The molecule has 0 radical (unpaired) electrons. The van der Waals surface area contributed by atoms with Gasteiger partial charge in [-0.2, -0.15) is 0 Å². The van der Waals surface area contributed by atoms with E-state index in [0.29, 0.717) is 6.54 Å². The van der Waals surface area contributed by atoms with E-state index in [-0.39, 0.29) is 18.5 Å². The molecular weight excluding hydrogens is 220 g/mol. The molecule has 98 valence electrons. The number of rotatable bonds is 5. The first-order valence-corrected chi connectivity index (χ1v) is 6.01. The van der Waals surface area contributed by atoms with E-state index in [9.17, 15) is 9.59 Å². The Morgan fingerprint density at radius 2 is 1.94 bits per heavy atom. The average molecular weight is 242 g/mol. The van der Waals surface area contributed by atoms with E-state index in [0.717, 1.165) is 26.2 Å². The van der Waals surface area contributed by atoms with Gasteiger partial charge in [-0.05, 0) is 13.8 Å². The second kappa shape index (κ2) is 6.56. The van der Waals surface area contributed by atoms with Crippen LogP contribution in [0.1, 0.15) is 13.8 Å². The minimum absolute atomic E-state index is 0.00193. The van der Waals surface area contributed by atoms with Crippen molar-refractivity contribution < 1.29 is 9.59 Å². The number of nitrogens with one attached hydrogen (secondary N) is 1. The number of carbonyl (C=O) groups is 2. The molecule has 0 aromatic rings. The van der Waals surface area contributed by atoms with E-state index >= 15 is 0 Å². The third kappa shape index (κ3) is 4.70. The van der Waals surface area contributed by atoms with Gasteiger partial charge in [0.05, 0.1) is 13.1 Å². The quantitative estimate of drug-likeness (QED) is 0.622. The lowest BCUT2D eigenvalue weighted by Gasteiger charge is -2.31. The Hall–Kier alpha value is -1.14. The zero-order chi connectivity index (χ0) is 12.8. The van der Waals surface area contributed by atoms with Crippen LogP contribution in [-0.2, 0) is 9.59 Å². The van der Waals surface area contributed by atoms with Gasteiger partial charge in [-0.25, -0.2) is 0 Å². The van der Waals surface area contributed by atoms with Crippen LogP contribution >= 0.6 is 0 Å². The van der Waals surface area contributed by atoms with Crippen LogP contribution in [0, 0.1) is 0 Å². The first-order valence-electron chi connectivity index (χ1n) is 6.01. The standard InChI is InChI=1S/C11H22N4O2/c1-9(2)15(7-10(12)16)11(17)8-14-5-3-13-4-6-14/h9,13H,3-8H2,1-2H3,(H2,12,16). The monoisotopic (exact) mass is 242 g/mol. The molecular formula is C11H22N4O2. The van der Waals surface area contributed by atoms with Gasteiger partial charge in [0, 0.05) is 32.2 Å². The first-order chi connectivity index (χ1) is 8.00. The summed E-state index contributed by atoms with van der Waals surface area (Å²) >= 11 is 0. The van der Waals surface area contributed by atoms with Gasteiger partial charge in [0.15, 0.2) is 0 Å². The van der Waals surface area contributed by atoms with Crippen LogP contribution in [-0.4, -0.2) is 66.9 Å². The number of piperazine rings is 1. The van der Waals surface area contributed by atoms with Crippen LogP contribution in [0.15, 0.2) is 0 Å². The molecule has 6 heteroatoms. The van der Waals surface area contributed by atoms with Crippen LogP contribution in [0.3, 0.4) is 0 Å². The molecule has 1 heterocycles. The van der Waals surface area contributed by atoms with Crippen molar-refractivity contribution in [2.45, 2.75) is 19.9 Å². The largest absolute Gasteiger partial charge is 0.368 e. The molecule has 0 aliphatic carbocycles. The summed E-state index contributed by atoms with van der Waals surface area (Å²) in [4.78, 5) is 26.6. The fraction of sp³-hybridized carbons (Fsp3) is 0.818. The predicted molar refractivity (Wildman–Crippen MR) is 65.4 cm³/mol. The van der Waals surface area contributed by atoms with Gasteiger partial charge in [-0.1, -0.05) is 0 Å². The average Bonchev–Trinajstić information content (AvgIpc) is 2.26. The Morgan fingerprint density at radius 1 is 1.35 bits per heavy atom. The van der Waals surface area contributed by atoms with Crippen LogP contribution in [0.4, 0.5) is 0 Å². The number of nitrogens with two attached hydrogens (primary N) is 1. The second-order valence-corrected chi connectivity index (χ2v) is 4.61. The van der Waals surface area contributed by atoms with Gasteiger partial charge < -0.3 is 16.0 Å². The summed E-state index contributed by atoms with van der Waals surface area (Å²) in [6, 6.07) is -0.00193. The van der Waals surface area contributed by atoms with E-state index in [4.69, 9.17) is 5.73 Å². The van der Waals surface area contributed by atoms with E-state index in [2.05, 4.69) is 10.2 Å². The maximum atomic E-state index is 12.0. The van der Waals surface area contributed by atoms with E-state index in [1.54, 1.807) is 0 Å². The Bertz CT molecular complexity index is 275. The predicted octanol–water partition coefficient (Wildman–Crippen LogP) is -1.39. The highest BCUT2D eigenvalue weighted by Crippen LogP contribution is 2.01. The minimum atomic E-state index is -0.465. The van der Waals surface area contributed by atoms with Gasteiger partial charge in [-0.15, -0.1) is 0 Å². The highest BCUT2D eigenvalue weighted by molar-refractivity contribution is 5.85. The highest BCUT2D eigenvalue weighted by Gasteiger charge is 2.21. The molecule has 0 aromatic heterocycles. The molecule has 17 heavy (non-hydrogen) atoms. The van der Waals surface area contributed by atoms with E-state index in [1.165, 1.54) is 4.90 Å². The lowest BCUT2D eigenvalue weighted by Crippen LogP contribution is -2.51. The van der Waals surface area contributed by atoms with Gasteiger partial charge in [0.25, 0.3) is 0 Å². The van der Waals surface area contributed by atoms with Crippen molar-refractivity contribution in [3.63, 3.8) is 0 Å². The molecule has 3 N–H and O–H groups in total. The van der Waals surface area contributed by atoms with Crippen molar-refractivity contribution in [2.24, 2.45) is 5.73 Å². The molecule has 1 aliphatic rings. The number of carbonyl (C=O) groups excluding carboxylic acids is 2. The fourth-order valence-corrected chi connectivity index (χ4v) is 1.88. The van der Waals surface area contributed by atoms with Crippen molar-refractivity contribution >= 4 is 11.8 Å². The fourth-order valence-electron chi connectivity index (χ4n) is 1.88. The summed E-state index contributed by atoms with van der Waals surface area (Å²) in [6.07, 6.45) is 0. The van der Waals surface area contributed by atoms with Crippen LogP contribution in [0.5, 0.6) is 0 Å². The molecule has 0 unspecified atom stereocenters. The second-order valence-electron chi connectivity index (χ2n) is 4.61. The summed E-state index contributed by atoms with van der Waals surface area (Å²) < 4.78 is 0. The normalized spacial score (nSPS) is 17.1. The lowest BCUT2D eigenvalue weighted by molar-refractivity contribution is -0.138. The number of hydrogen-bond donors (Lipinski definition) is 2. The van der Waals surface area contributed by atoms with Gasteiger partial charge in [-0.3, -0.25) is 14.5 Å². The van der Waals surface area contributed by atoms with Gasteiger partial charge in [0.2, 0.25) is 11.8 Å². The molecule has 1 saturated heterocycles. The van der Waals surface area contributed by atoms with E-state index in [1.807, 2.05) is 13.8 Å². The molecule has 1 rings (SSSR count). The van der Waals surface area contributed by atoms with Crippen LogP contribution in [0.2, 0.25) is 0 Å². The number of primary amides is 1. The molecule has 0 bridgehead atoms. The SMILES string of the molecule is CC(C)N(CC(N)=O)C(=O)CN1CCNCC1. The molecule has 0 aromatic carbocycles. The number of amides is 2. The third-order valence-electron chi connectivity index (χ3n) is 2.84. The van der Waals surface area contributed by atoms with Crippen molar-refractivity contribution in [3.05, 3.63) is 0 Å². The lowest BCUT2D eigenvalue weighted by atomic mass is 10.2. The maximum Gasteiger partial charge on any atom is 0.237 e. The summed E-state index contributed by atoms with van der Waals surface area (Å²) in [5.74, 6) is -0.493. The summed E-state index contributed by atoms with van der Waals surface area (Å²) in [6.45, 7) is 7.70. The molecule has 0 spiro atoms. The number of nitrogens with zero attached hydrogens (tertiary/aromatic N) is 2. The van der Waals surface area contributed by atoms with Crippen molar-refractivity contribution in [3.8, 4) is 0 Å².